The molecule has 2 amide bonds. The summed E-state index contributed by atoms with van der Waals surface area (Å²) in [6.07, 6.45) is 1.51. The Bertz CT molecular complexity index is 772. The largest absolute Gasteiger partial charge is 0.463 e. The Morgan fingerprint density at radius 3 is 2.70 bits per heavy atom. The molecule has 0 unspecified atom stereocenters. The zero-order valence-electron chi connectivity index (χ0n) is 10.3. The summed E-state index contributed by atoms with van der Waals surface area (Å²) >= 11 is 0. The highest BCUT2D eigenvalue weighted by Crippen LogP contribution is 2.16. The number of hydrogen-bond donors (Lipinski definition) is 3. The molecule has 100 valence electrons. The summed E-state index contributed by atoms with van der Waals surface area (Å²) < 4.78 is 5.14. The Labute approximate surface area is 113 Å². The van der Waals surface area contributed by atoms with Gasteiger partial charge in [0.1, 0.15) is 5.69 Å². The minimum Gasteiger partial charge on any atom is -0.463 e. The highest BCUT2D eigenvalue weighted by Gasteiger charge is 2.16. The number of imide groups is 1. The molecule has 0 atom stereocenters. The molecule has 0 bridgehead atoms. The van der Waals surface area contributed by atoms with Crippen molar-refractivity contribution in [2.75, 3.05) is 5.73 Å². The SMILES string of the molecule is Nc1ccccc1C(=O)NC(=O)c1cc2occc2[nH]1. The Morgan fingerprint density at radius 2 is 1.95 bits per heavy atom. The van der Waals surface area contributed by atoms with Crippen molar-refractivity contribution in [3.8, 4) is 0 Å². The number of amides is 2. The lowest BCUT2D eigenvalue weighted by Gasteiger charge is -2.05. The van der Waals surface area contributed by atoms with Gasteiger partial charge in [0.2, 0.25) is 0 Å². The molecule has 6 heteroatoms. The summed E-state index contributed by atoms with van der Waals surface area (Å²) in [6.45, 7) is 0. The Morgan fingerprint density at radius 1 is 1.15 bits per heavy atom. The fraction of sp³-hybridized carbons (Fsp3) is 0. The van der Waals surface area contributed by atoms with Crippen molar-refractivity contribution in [2.45, 2.75) is 0 Å². The fourth-order valence-electron chi connectivity index (χ4n) is 1.91. The number of aromatic nitrogens is 1. The summed E-state index contributed by atoms with van der Waals surface area (Å²) in [4.78, 5) is 26.8. The number of carbonyl (C=O) groups is 2. The number of H-pyrrole nitrogens is 1. The number of nitrogens with two attached hydrogens (primary N) is 1. The molecule has 3 aromatic rings. The monoisotopic (exact) mass is 269 g/mol. The lowest BCUT2D eigenvalue weighted by Crippen LogP contribution is -2.31. The molecule has 0 saturated heterocycles. The maximum absolute atomic E-state index is 12.0. The van der Waals surface area contributed by atoms with Crippen molar-refractivity contribution in [2.24, 2.45) is 0 Å². The van der Waals surface area contributed by atoms with Crippen molar-refractivity contribution in [1.29, 1.82) is 0 Å². The third-order valence-electron chi connectivity index (χ3n) is 2.92. The van der Waals surface area contributed by atoms with Gasteiger partial charge >= 0.3 is 0 Å². The number of rotatable bonds is 2. The second-order valence-corrected chi connectivity index (χ2v) is 4.25. The van der Waals surface area contributed by atoms with Crippen molar-refractivity contribution in [3.63, 3.8) is 0 Å². The Kier molecular flexibility index (Phi) is 2.76. The molecule has 0 aliphatic heterocycles. The number of nitrogen functional groups attached to an aromatic ring is 1. The van der Waals surface area contributed by atoms with Crippen LogP contribution >= 0.6 is 0 Å². The number of aromatic amines is 1. The molecule has 3 rings (SSSR count). The van der Waals surface area contributed by atoms with Gasteiger partial charge in [-0.1, -0.05) is 12.1 Å². The van der Waals surface area contributed by atoms with Gasteiger partial charge in [-0.05, 0) is 12.1 Å². The van der Waals surface area contributed by atoms with E-state index < -0.39 is 11.8 Å². The fourth-order valence-corrected chi connectivity index (χ4v) is 1.91. The van der Waals surface area contributed by atoms with Crippen molar-refractivity contribution in [3.05, 3.63) is 53.9 Å². The van der Waals surface area contributed by atoms with Crippen LogP contribution in [0.3, 0.4) is 0 Å². The number of fused-ring (bicyclic) bond motifs is 1. The van der Waals surface area contributed by atoms with Gasteiger partial charge in [-0.15, -0.1) is 0 Å². The van der Waals surface area contributed by atoms with Gasteiger partial charge in [0.25, 0.3) is 11.8 Å². The smallest absolute Gasteiger partial charge is 0.274 e. The highest BCUT2D eigenvalue weighted by molar-refractivity contribution is 6.12. The molecule has 0 saturated carbocycles. The predicted octanol–water partition coefficient (Wildman–Crippen LogP) is 1.91. The predicted molar refractivity (Wildman–Crippen MR) is 73.2 cm³/mol. The van der Waals surface area contributed by atoms with Gasteiger partial charge in [0, 0.05) is 17.8 Å². The van der Waals surface area contributed by atoms with Crippen LogP contribution in [0.15, 0.2) is 47.1 Å². The molecule has 0 fully saturated rings. The van der Waals surface area contributed by atoms with Crippen molar-refractivity contribution < 1.29 is 14.0 Å². The number of hydrogen-bond acceptors (Lipinski definition) is 4. The van der Waals surface area contributed by atoms with E-state index in [0.717, 1.165) is 0 Å². The third kappa shape index (κ3) is 2.03. The molecule has 4 N–H and O–H groups in total. The van der Waals surface area contributed by atoms with E-state index in [1.807, 2.05) is 0 Å². The number of furan rings is 1. The minimum absolute atomic E-state index is 0.252. The van der Waals surface area contributed by atoms with Crippen LogP contribution in [0.25, 0.3) is 11.1 Å². The van der Waals surface area contributed by atoms with Crippen LogP contribution in [-0.2, 0) is 0 Å². The van der Waals surface area contributed by atoms with Crippen LogP contribution in [0.1, 0.15) is 20.8 Å². The molecule has 0 radical (unpaired) electrons. The first-order chi connectivity index (χ1) is 9.65. The molecule has 1 aromatic carbocycles. The number of benzene rings is 1. The van der Waals surface area contributed by atoms with Gasteiger partial charge in [0.15, 0.2) is 5.58 Å². The molecular formula is C14H11N3O3. The van der Waals surface area contributed by atoms with Gasteiger partial charge in [-0.3, -0.25) is 14.9 Å². The first kappa shape index (κ1) is 12.0. The van der Waals surface area contributed by atoms with Gasteiger partial charge in [0.05, 0.1) is 17.3 Å². The summed E-state index contributed by atoms with van der Waals surface area (Å²) in [5, 5.41) is 2.27. The van der Waals surface area contributed by atoms with Gasteiger partial charge in [-0.2, -0.15) is 0 Å². The highest BCUT2D eigenvalue weighted by atomic mass is 16.3. The summed E-state index contributed by atoms with van der Waals surface area (Å²) in [5.41, 5.74) is 7.77. The third-order valence-corrected chi connectivity index (χ3v) is 2.92. The maximum Gasteiger partial charge on any atom is 0.274 e. The van der Waals surface area contributed by atoms with E-state index in [9.17, 15) is 9.59 Å². The molecule has 0 aliphatic carbocycles. The number of nitrogens with one attached hydrogen (secondary N) is 2. The lowest BCUT2D eigenvalue weighted by molar-refractivity contribution is 0.0847. The molecule has 0 spiro atoms. The Hall–Kier alpha value is -3.02. The average molecular weight is 269 g/mol. The molecule has 2 heterocycles. The standard InChI is InChI=1S/C14H11N3O3/c15-9-4-2-1-3-8(9)13(18)17-14(19)11-7-12-10(16-11)5-6-20-12/h1-7,16H,15H2,(H,17,18,19). The van der Waals surface area contributed by atoms with Crippen LogP contribution < -0.4 is 11.1 Å². The maximum atomic E-state index is 12.0. The van der Waals surface area contributed by atoms with Gasteiger partial charge < -0.3 is 15.1 Å². The molecule has 0 aliphatic rings. The van der Waals surface area contributed by atoms with E-state index in [0.29, 0.717) is 16.8 Å². The molecule has 2 aromatic heterocycles. The number of anilines is 1. The van der Waals surface area contributed by atoms with Gasteiger partial charge in [-0.25, -0.2) is 0 Å². The van der Waals surface area contributed by atoms with Crippen LogP contribution in [0.4, 0.5) is 5.69 Å². The van der Waals surface area contributed by atoms with Crippen molar-refractivity contribution in [1.82, 2.24) is 10.3 Å². The Balaban J connectivity index is 1.81. The van der Waals surface area contributed by atoms with Crippen LogP contribution in [0, 0.1) is 0 Å². The van der Waals surface area contributed by atoms with Crippen LogP contribution in [0.5, 0.6) is 0 Å². The molecule has 6 nitrogen and oxygen atoms in total. The second-order valence-electron chi connectivity index (χ2n) is 4.25. The second kappa shape index (κ2) is 4.58. The topological polar surface area (TPSA) is 101 Å². The zero-order chi connectivity index (χ0) is 14.1. The normalized spacial score (nSPS) is 10.6. The van der Waals surface area contributed by atoms with E-state index in [1.54, 1.807) is 30.3 Å². The summed E-state index contributed by atoms with van der Waals surface area (Å²) in [6, 6.07) is 9.78. The lowest BCUT2D eigenvalue weighted by atomic mass is 10.1. The first-order valence-electron chi connectivity index (χ1n) is 5.91. The number of carbonyl (C=O) groups excluding carboxylic acids is 2. The van der Waals surface area contributed by atoms with E-state index in [2.05, 4.69) is 10.3 Å². The summed E-state index contributed by atoms with van der Waals surface area (Å²) in [7, 11) is 0. The average Bonchev–Trinajstić information content (AvgIpc) is 2.99. The minimum atomic E-state index is -0.542. The molecule has 20 heavy (non-hydrogen) atoms. The first-order valence-corrected chi connectivity index (χ1v) is 5.91. The van der Waals surface area contributed by atoms with Crippen LogP contribution in [-0.4, -0.2) is 16.8 Å². The summed E-state index contributed by atoms with van der Waals surface area (Å²) in [5.74, 6) is -1.08. The zero-order valence-corrected chi connectivity index (χ0v) is 10.3. The van der Waals surface area contributed by atoms with E-state index >= 15 is 0 Å². The van der Waals surface area contributed by atoms with E-state index in [4.69, 9.17) is 10.2 Å². The number of para-hydroxylation sites is 1. The van der Waals surface area contributed by atoms with E-state index in [-0.39, 0.29) is 11.3 Å². The molecular weight excluding hydrogens is 258 g/mol. The van der Waals surface area contributed by atoms with E-state index in [1.165, 1.54) is 12.3 Å². The van der Waals surface area contributed by atoms with Crippen molar-refractivity contribution >= 4 is 28.6 Å². The van der Waals surface area contributed by atoms with Crippen LogP contribution in [0.2, 0.25) is 0 Å². The quantitative estimate of drug-likeness (QED) is 0.488.